The molecule has 26 heteroatoms. The molecule has 0 unspecified atom stereocenters. The molecule has 0 spiro atoms. The van der Waals surface area contributed by atoms with E-state index in [2.05, 4.69) is 149 Å². The van der Waals surface area contributed by atoms with Crippen LogP contribution < -0.4 is 19.9 Å². The highest BCUT2D eigenvalue weighted by Gasteiger charge is 2.05. The standard InChI is InChI=1S/C13H18O2S.C10H13N3O.C10H15NO.C10H20O3S.C8H17N3O.C8H18OS.C7H14O2S.C5H11N3.C5H12S/c1-10(2)15-13-7-4-11(5-8-13)3-6-12(14)9-16;1-8(2)14-10-5-3-9(4-6-10)7-12-13-11;1-8(2)12-10-5-3-9(7-11)4-6-10;1-9(2)13-7-6-12-5-3-4-10(11)8-14;1-8(2)4-3-6-12-7-5-10-11-9;1-8(2)4-3-5-9-6-7-10;1-6(2)9-4-3-7(8)5-10;1-5(2)3-4-7-8-6;1-5(2)3-4-6/h4-5,7-8,10,16H,3,6,9H2,1-2H3;3-6,8H,7H2,1-2H3;3-6,8H,7,11H2,1-2H3;9,14H,3-8H2,1-2H3;8H,3-7H2,1-2H3;8,10H,3-7H2,1-2H3;6,10H,3-5H2,1-2H3;5H,3-4H2,1-2H3;5-6H,3-4H2,1-2H3. The Bertz CT molecular complexity index is 2490. The van der Waals surface area contributed by atoms with Gasteiger partial charge in [-0.15, -0.1) is 0 Å². The SMILES string of the molecule is CC(C)CCCOCCN=[N+]=[N-].CC(C)CCCOCCS.CC(C)CCN=[N+]=[N-].CC(C)CCS.CC(C)OCCC(=O)CS.CC(C)OCCOCCCC(=O)CS.CC(C)Oc1ccc(CCC(=O)CS)cc1.CC(C)Oc1ccc(CN)cc1.CC(C)Oc1ccc(CN=[N+]=[N-])cc1. The molecule has 3 aromatic rings. The van der Waals surface area contributed by atoms with Crippen molar-refractivity contribution in [3.05, 3.63) is 121 Å². The number of nitrogens with zero attached hydrogens (tertiary/aromatic N) is 9. The van der Waals surface area contributed by atoms with Crippen molar-refractivity contribution in [3.63, 3.8) is 0 Å². The van der Waals surface area contributed by atoms with E-state index in [0.29, 0.717) is 102 Å². The van der Waals surface area contributed by atoms with Crippen LogP contribution in [0, 0.1) is 23.7 Å². The number of aryl methyl sites for hydroxylation is 1. The summed E-state index contributed by atoms with van der Waals surface area (Å²) in [6.07, 6.45) is 11.2. The number of thiol groups is 5. The third-order valence-electron chi connectivity index (χ3n) is 12.3. The smallest absolute Gasteiger partial charge is 0.144 e. The molecule has 0 aliphatic heterocycles. The lowest BCUT2D eigenvalue weighted by Crippen LogP contribution is -2.10. The second kappa shape index (κ2) is 82.2. The van der Waals surface area contributed by atoms with E-state index in [4.69, 9.17) is 60.2 Å². The van der Waals surface area contributed by atoms with Crippen molar-refractivity contribution in [1.82, 2.24) is 0 Å². The summed E-state index contributed by atoms with van der Waals surface area (Å²) in [6.45, 7) is 44.8. The number of carbonyl (C=O) groups excluding carboxylic acids is 3. The lowest BCUT2D eigenvalue weighted by Gasteiger charge is -2.09. The molecule has 0 saturated carbocycles. The molecular weight excluding hydrogens is 1390 g/mol. The van der Waals surface area contributed by atoms with Gasteiger partial charge in [0.1, 0.15) is 34.6 Å². The molecular formula is C76H138N10O11S5. The van der Waals surface area contributed by atoms with Crippen molar-refractivity contribution >= 4 is 80.5 Å². The van der Waals surface area contributed by atoms with Crippen LogP contribution in [-0.4, -0.2) is 143 Å². The number of Topliss-reactive ketones (excluding diaryl/α,β-unsaturated/α-hetero) is 3. The summed E-state index contributed by atoms with van der Waals surface area (Å²) in [6, 6.07) is 23.3. The zero-order valence-electron chi connectivity index (χ0n) is 65.8. The van der Waals surface area contributed by atoms with Crippen LogP contribution in [0.2, 0.25) is 0 Å². The largest absolute Gasteiger partial charge is 0.491 e. The number of ketones is 3. The van der Waals surface area contributed by atoms with Gasteiger partial charge in [0.05, 0.1) is 70.1 Å². The number of ether oxygens (including phenoxy) is 8. The molecule has 0 aliphatic carbocycles. The van der Waals surface area contributed by atoms with Crippen molar-refractivity contribution in [2.45, 2.75) is 239 Å². The Morgan fingerprint density at radius 3 is 1.13 bits per heavy atom. The molecule has 588 valence electrons. The molecule has 0 saturated heterocycles. The second-order valence-electron chi connectivity index (χ2n) is 25.9. The minimum Gasteiger partial charge on any atom is -0.491 e. The molecule has 3 rings (SSSR count). The van der Waals surface area contributed by atoms with Crippen LogP contribution in [0.25, 0.3) is 31.3 Å². The molecule has 0 aromatic heterocycles. The molecule has 2 N–H and O–H groups in total. The van der Waals surface area contributed by atoms with E-state index in [1.54, 1.807) is 0 Å². The van der Waals surface area contributed by atoms with Crippen LogP contribution in [0.1, 0.15) is 206 Å². The molecule has 3 aromatic carbocycles. The van der Waals surface area contributed by atoms with Crippen LogP contribution in [0.15, 0.2) is 88.1 Å². The van der Waals surface area contributed by atoms with E-state index in [9.17, 15) is 14.4 Å². The predicted octanol–water partition coefficient (Wildman–Crippen LogP) is 20.6. The quantitative estimate of drug-likeness (QED) is 0.0101. The summed E-state index contributed by atoms with van der Waals surface area (Å²) in [5.74, 6) is 8.97. The third kappa shape index (κ3) is 95.5. The van der Waals surface area contributed by atoms with Crippen molar-refractivity contribution in [1.29, 1.82) is 0 Å². The van der Waals surface area contributed by atoms with Crippen LogP contribution in [-0.2, 0) is 57.6 Å². The van der Waals surface area contributed by atoms with Gasteiger partial charge in [-0.3, -0.25) is 14.4 Å². The zero-order chi connectivity index (χ0) is 78.6. The Balaban J connectivity index is -0.000000257. The van der Waals surface area contributed by atoms with Crippen molar-refractivity contribution in [3.8, 4) is 17.2 Å². The van der Waals surface area contributed by atoms with Gasteiger partial charge in [-0.05, 0) is 220 Å². The highest BCUT2D eigenvalue weighted by molar-refractivity contribution is 7.81. The normalized spacial score (nSPS) is 10.2. The lowest BCUT2D eigenvalue weighted by molar-refractivity contribution is -0.118. The topological polar surface area (TPSA) is 297 Å². The Morgan fingerprint density at radius 2 is 0.755 bits per heavy atom. The summed E-state index contributed by atoms with van der Waals surface area (Å²) in [5.41, 5.74) is 32.7. The predicted molar refractivity (Wildman–Crippen MR) is 444 cm³/mol. The van der Waals surface area contributed by atoms with Gasteiger partial charge < -0.3 is 43.6 Å². The molecule has 0 amide bonds. The summed E-state index contributed by atoms with van der Waals surface area (Å²) < 4.78 is 42.7. The van der Waals surface area contributed by atoms with E-state index < -0.39 is 0 Å². The molecule has 0 radical (unpaired) electrons. The summed E-state index contributed by atoms with van der Waals surface area (Å²) in [7, 11) is 0. The molecule has 102 heavy (non-hydrogen) atoms. The highest BCUT2D eigenvalue weighted by Crippen LogP contribution is 2.17. The molecule has 0 heterocycles. The Labute approximate surface area is 645 Å². The number of nitrogens with two attached hydrogens (primary N) is 1. The van der Waals surface area contributed by atoms with Gasteiger partial charge in [-0.25, -0.2) is 0 Å². The van der Waals surface area contributed by atoms with Crippen LogP contribution in [0.4, 0.5) is 0 Å². The first kappa shape index (κ1) is 108. The van der Waals surface area contributed by atoms with E-state index in [1.165, 1.54) is 25.7 Å². The minimum atomic E-state index is 0.143. The fraction of sp³-hybridized carbons (Fsp3) is 0.724. The maximum Gasteiger partial charge on any atom is 0.144 e. The van der Waals surface area contributed by atoms with Crippen molar-refractivity contribution in [2.75, 3.05) is 94.7 Å². The number of benzene rings is 3. The molecule has 21 nitrogen and oxygen atoms in total. The van der Waals surface area contributed by atoms with E-state index >= 15 is 0 Å². The van der Waals surface area contributed by atoms with Gasteiger partial charge in [-0.2, -0.15) is 63.1 Å². The van der Waals surface area contributed by atoms with Gasteiger partial charge in [0, 0.05) is 96.5 Å². The van der Waals surface area contributed by atoms with Gasteiger partial charge in [0.15, 0.2) is 0 Å². The first-order chi connectivity index (χ1) is 48.5. The zero-order valence-corrected chi connectivity index (χ0v) is 70.2. The first-order valence-corrected chi connectivity index (χ1v) is 39.2. The maximum absolute atomic E-state index is 11.1. The van der Waals surface area contributed by atoms with Crippen LogP contribution >= 0.6 is 63.1 Å². The summed E-state index contributed by atoms with van der Waals surface area (Å²) in [5, 5.41) is 10.2. The Morgan fingerprint density at radius 1 is 0.382 bits per heavy atom. The van der Waals surface area contributed by atoms with Crippen molar-refractivity contribution < 1.29 is 52.3 Å². The van der Waals surface area contributed by atoms with Gasteiger partial charge >= 0.3 is 0 Å². The first-order valence-electron chi connectivity index (χ1n) is 36.0. The van der Waals surface area contributed by atoms with Crippen LogP contribution in [0.3, 0.4) is 0 Å². The van der Waals surface area contributed by atoms with Crippen molar-refractivity contribution in [2.24, 2.45) is 44.7 Å². The summed E-state index contributed by atoms with van der Waals surface area (Å²) >= 11 is 19.8. The Kier molecular flexibility index (Phi) is 87.4. The Hall–Kier alpha value is -4.49. The van der Waals surface area contributed by atoms with Gasteiger partial charge in [0.2, 0.25) is 0 Å². The van der Waals surface area contributed by atoms with E-state index in [0.717, 1.165) is 109 Å². The molecule has 0 aliphatic rings. The molecule has 0 atom stereocenters. The average molecular weight is 1530 g/mol. The van der Waals surface area contributed by atoms with Gasteiger partial charge in [-0.1, -0.05) is 107 Å². The maximum atomic E-state index is 11.1. The number of carbonyl (C=O) groups is 3. The van der Waals surface area contributed by atoms with Crippen LogP contribution in [0.5, 0.6) is 17.2 Å². The number of hydrogen-bond donors (Lipinski definition) is 6. The number of rotatable bonds is 45. The highest BCUT2D eigenvalue weighted by atomic mass is 32.1. The number of hydrogen-bond acceptors (Lipinski definition) is 20. The second-order valence-corrected chi connectivity index (χ2v) is 27.8. The fourth-order valence-corrected chi connectivity index (χ4v) is 8.13. The summed E-state index contributed by atoms with van der Waals surface area (Å²) in [4.78, 5) is 40.5. The third-order valence-corrected chi connectivity index (χ3v) is 13.8. The fourth-order valence-electron chi connectivity index (χ4n) is 7.01. The lowest BCUT2D eigenvalue weighted by atomic mass is 10.1. The average Bonchev–Trinajstić information content (AvgIpc) is 0.940. The minimum absolute atomic E-state index is 0.143. The van der Waals surface area contributed by atoms with Gasteiger partial charge in [0.25, 0.3) is 0 Å². The number of azide groups is 3. The van der Waals surface area contributed by atoms with E-state index in [1.807, 2.05) is 142 Å². The van der Waals surface area contributed by atoms with E-state index in [-0.39, 0.29) is 47.9 Å². The molecule has 0 bridgehead atoms. The monoisotopic (exact) mass is 1530 g/mol. The molecule has 0 fully saturated rings.